The normalized spacial score (nSPS) is 10.3. The van der Waals surface area contributed by atoms with Crippen LogP contribution in [0.15, 0.2) is 48.5 Å². The third-order valence-electron chi connectivity index (χ3n) is 2.85. The molecule has 2 aromatic carbocycles. The number of aryl methyl sites for hydroxylation is 1. The molecule has 0 aromatic heterocycles. The van der Waals surface area contributed by atoms with Crippen LogP contribution < -0.4 is 10.6 Å². The Morgan fingerprint density at radius 1 is 1.15 bits per heavy atom. The number of benzene rings is 2. The lowest BCUT2D eigenvalue weighted by molar-refractivity contribution is -0.115. The molecule has 20 heavy (non-hydrogen) atoms. The summed E-state index contributed by atoms with van der Waals surface area (Å²) in [6.45, 7) is 2.96. The van der Waals surface area contributed by atoms with Gasteiger partial charge in [-0.1, -0.05) is 53.6 Å². The molecule has 0 spiro atoms. The maximum Gasteiger partial charge on any atom is 0.238 e. The van der Waals surface area contributed by atoms with Crippen LogP contribution in [0.5, 0.6) is 0 Å². The summed E-state index contributed by atoms with van der Waals surface area (Å²) in [5.41, 5.74) is 3.01. The number of nitrogens with one attached hydrogen (secondary N) is 2. The van der Waals surface area contributed by atoms with Crippen LogP contribution in [0.3, 0.4) is 0 Å². The molecule has 2 aromatic rings. The summed E-state index contributed by atoms with van der Waals surface area (Å²) in [6.07, 6.45) is 0. The van der Waals surface area contributed by atoms with Crippen molar-refractivity contribution in [1.29, 1.82) is 0 Å². The monoisotopic (exact) mass is 288 g/mol. The van der Waals surface area contributed by atoms with Gasteiger partial charge in [0.2, 0.25) is 5.91 Å². The van der Waals surface area contributed by atoms with Crippen molar-refractivity contribution in [2.24, 2.45) is 0 Å². The van der Waals surface area contributed by atoms with Crippen LogP contribution in [-0.2, 0) is 11.3 Å². The van der Waals surface area contributed by atoms with Gasteiger partial charge < -0.3 is 10.6 Å². The molecule has 2 N–H and O–H groups in total. The van der Waals surface area contributed by atoms with Gasteiger partial charge in [0.1, 0.15) is 0 Å². The van der Waals surface area contributed by atoms with E-state index in [1.165, 1.54) is 5.56 Å². The first kappa shape index (κ1) is 14.6. The van der Waals surface area contributed by atoms with Crippen LogP contribution >= 0.6 is 11.6 Å². The Balaban J connectivity index is 1.80. The Morgan fingerprint density at radius 2 is 1.95 bits per heavy atom. The minimum atomic E-state index is -0.106. The van der Waals surface area contributed by atoms with Gasteiger partial charge in [-0.3, -0.25) is 4.79 Å². The number of rotatable bonds is 5. The lowest BCUT2D eigenvalue weighted by Gasteiger charge is -2.08. The van der Waals surface area contributed by atoms with Crippen LogP contribution in [0.1, 0.15) is 11.1 Å². The number of anilines is 1. The van der Waals surface area contributed by atoms with E-state index >= 15 is 0 Å². The Labute approximate surface area is 124 Å². The molecule has 0 aliphatic carbocycles. The molecule has 0 radical (unpaired) electrons. The summed E-state index contributed by atoms with van der Waals surface area (Å²) in [4.78, 5) is 11.8. The molecule has 104 valence electrons. The van der Waals surface area contributed by atoms with Gasteiger partial charge in [-0.25, -0.2) is 0 Å². The van der Waals surface area contributed by atoms with Gasteiger partial charge in [-0.2, -0.15) is 0 Å². The number of carbonyl (C=O) groups is 1. The Bertz CT molecular complexity index is 599. The summed E-state index contributed by atoms with van der Waals surface area (Å²) in [7, 11) is 0. The summed E-state index contributed by atoms with van der Waals surface area (Å²) in [5.74, 6) is -0.106. The highest BCUT2D eigenvalue weighted by Gasteiger charge is 2.04. The lowest BCUT2D eigenvalue weighted by atomic mass is 10.1. The number of carbonyl (C=O) groups excluding carboxylic acids is 1. The number of halogens is 1. The van der Waals surface area contributed by atoms with Gasteiger partial charge in [0, 0.05) is 6.54 Å². The highest BCUT2D eigenvalue weighted by molar-refractivity contribution is 6.33. The molecular formula is C16H17ClN2O. The summed E-state index contributed by atoms with van der Waals surface area (Å²) < 4.78 is 0. The van der Waals surface area contributed by atoms with Crippen LogP contribution in [0.4, 0.5) is 5.69 Å². The molecule has 0 fully saturated rings. The average Bonchev–Trinajstić information content (AvgIpc) is 2.41. The SMILES string of the molecule is Cc1cccc(CNCC(=O)Nc2ccccc2Cl)c1. The van der Waals surface area contributed by atoms with Crippen LogP contribution in [0.25, 0.3) is 0 Å². The Hall–Kier alpha value is -1.84. The number of amides is 1. The van der Waals surface area contributed by atoms with Crippen LogP contribution in [0.2, 0.25) is 5.02 Å². The molecule has 0 saturated carbocycles. The van der Waals surface area contributed by atoms with E-state index in [2.05, 4.69) is 16.7 Å². The maximum absolute atomic E-state index is 11.8. The fraction of sp³-hybridized carbons (Fsp3) is 0.188. The van der Waals surface area contributed by atoms with E-state index in [0.29, 0.717) is 17.3 Å². The molecule has 4 heteroatoms. The second-order valence-corrected chi connectivity index (χ2v) is 5.03. The van der Waals surface area contributed by atoms with Crippen molar-refractivity contribution in [2.75, 3.05) is 11.9 Å². The molecule has 0 aliphatic heterocycles. The number of hydrogen-bond acceptors (Lipinski definition) is 2. The molecule has 0 aliphatic rings. The first-order valence-corrected chi connectivity index (χ1v) is 6.83. The van der Waals surface area contributed by atoms with E-state index < -0.39 is 0 Å². The van der Waals surface area contributed by atoms with Crippen molar-refractivity contribution >= 4 is 23.2 Å². The van der Waals surface area contributed by atoms with Crippen molar-refractivity contribution < 1.29 is 4.79 Å². The smallest absolute Gasteiger partial charge is 0.238 e. The van der Waals surface area contributed by atoms with Crippen LogP contribution in [0, 0.1) is 6.92 Å². The standard InChI is InChI=1S/C16H17ClN2O/c1-12-5-4-6-13(9-12)10-18-11-16(20)19-15-8-3-2-7-14(15)17/h2-9,18H,10-11H2,1H3,(H,19,20). The van der Waals surface area contributed by atoms with Crippen molar-refractivity contribution in [1.82, 2.24) is 5.32 Å². The van der Waals surface area contributed by atoms with Crippen LogP contribution in [-0.4, -0.2) is 12.5 Å². The van der Waals surface area contributed by atoms with Crippen molar-refractivity contribution in [3.05, 3.63) is 64.7 Å². The molecule has 0 heterocycles. The summed E-state index contributed by atoms with van der Waals surface area (Å²) in [6, 6.07) is 15.4. The molecule has 2 rings (SSSR count). The topological polar surface area (TPSA) is 41.1 Å². The van der Waals surface area contributed by atoms with Gasteiger partial charge in [-0.15, -0.1) is 0 Å². The summed E-state index contributed by atoms with van der Waals surface area (Å²) in [5, 5.41) is 6.43. The lowest BCUT2D eigenvalue weighted by Crippen LogP contribution is -2.27. The third kappa shape index (κ3) is 4.37. The molecule has 0 saturated heterocycles. The summed E-state index contributed by atoms with van der Waals surface area (Å²) >= 11 is 5.98. The molecule has 0 bridgehead atoms. The minimum Gasteiger partial charge on any atom is -0.324 e. The molecule has 3 nitrogen and oxygen atoms in total. The van der Waals surface area contributed by atoms with Gasteiger partial charge in [0.15, 0.2) is 0 Å². The molecule has 0 atom stereocenters. The largest absolute Gasteiger partial charge is 0.324 e. The quantitative estimate of drug-likeness (QED) is 0.885. The molecule has 1 amide bonds. The van der Waals surface area contributed by atoms with E-state index in [0.717, 1.165) is 5.56 Å². The van der Waals surface area contributed by atoms with Gasteiger partial charge >= 0.3 is 0 Å². The van der Waals surface area contributed by atoms with Gasteiger partial charge in [-0.05, 0) is 24.6 Å². The third-order valence-corrected chi connectivity index (χ3v) is 3.17. The second kappa shape index (κ2) is 7.08. The van der Waals surface area contributed by atoms with Crippen molar-refractivity contribution in [3.8, 4) is 0 Å². The molecular weight excluding hydrogens is 272 g/mol. The second-order valence-electron chi connectivity index (χ2n) is 4.62. The van der Waals surface area contributed by atoms with E-state index in [-0.39, 0.29) is 12.5 Å². The van der Waals surface area contributed by atoms with E-state index in [9.17, 15) is 4.79 Å². The highest BCUT2D eigenvalue weighted by Crippen LogP contribution is 2.19. The van der Waals surface area contributed by atoms with E-state index in [1.807, 2.05) is 37.3 Å². The first-order chi connectivity index (χ1) is 9.65. The zero-order chi connectivity index (χ0) is 14.4. The number of hydrogen-bond donors (Lipinski definition) is 2. The maximum atomic E-state index is 11.8. The number of para-hydroxylation sites is 1. The van der Waals surface area contributed by atoms with Gasteiger partial charge in [0.25, 0.3) is 0 Å². The Kier molecular flexibility index (Phi) is 5.16. The van der Waals surface area contributed by atoms with Crippen molar-refractivity contribution in [2.45, 2.75) is 13.5 Å². The minimum absolute atomic E-state index is 0.106. The predicted octanol–water partition coefficient (Wildman–Crippen LogP) is 3.38. The Morgan fingerprint density at radius 3 is 2.70 bits per heavy atom. The fourth-order valence-corrected chi connectivity index (χ4v) is 2.08. The van der Waals surface area contributed by atoms with Crippen molar-refractivity contribution in [3.63, 3.8) is 0 Å². The fourth-order valence-electron chi connectivity index (χ4n) is 1.90. The van der Waals surface area contributed by atoms with E-state index in [1.54, 1.807) is 12.1 Å². The van der Waals surface area contributed by atoms with Gasteiger partial charge in [0.05, 0.1) is 17.3 Å². The predicted molar refractivity (Wildman–Crippen MR) is 83.0 cm³/mol. The zero-order valence-electron chi connectivity index (χ0n) is 11.3. The zero-order valence-corrected chi connectivity index (χ0v) is 12.1. The average molecular weight is 289 g/mol. The van der Waals surface area contributed by atoms with E-state index in [4.69, 9.17) is 11.6 Å². The first-order valence-electron chi connectivity index (χ1n) is 6.46. The highest BCUT2D eigenvalue weighted by atomic mass is 35.5. The molecule has 0 unspecified atom stereocenters.